The number of benzene rings is 1. The van der Waals surface area contributed by atoms with E-state index in [0.717, 1.165) is 38.2 Å². The summed E-state index contributed by atoms with van der Waals surface area (Å²) in [7, 11) is -3.86. The second-order valence-electron chi connectivity index (χ2n) is 8.02. The molecule has 1 aromatic carbocycles. The second kappa shape index (κ2) is 10.3. The summed E-state index contributed by atoms with van der Waals surface area (Å²) in [6, 6.07) is 10.2. The first-order valence-electron chi connectivity index (χ1n) is 10.7. The quantitative estimate of drug-likeness (QED) is 0.655. The van der Waals surface area contributed by atoms with Crippen molar-refractivity contribution in [1.82, 2.24) is 19.5 Å². The number of amides is 1. The van der Waals surface area contributed by atoms with E-state index in [-0.39, 0.29) is 28.5 Å². The van der Waals surface area contributed by atoms with Crippen LogP contribution in [0.5, 0.6) is 0 Å². The normalized spacial score (nSPS) is 19.9. The van der Waals surface area contributed by atoms with Crippen molar-refractivity contribution in [3.8, 4) is 0 Å². The molecule has 8 nitrogen and oxygen atoms in total. The van der Waals surface area contributed by atoms with Gasteiger partial charge in [0.2, 0.25) is 10.0 Å². The Morgan fingerprint density at radius 2 is 2.00 bits per heavy atom. The van der Waals surface area contributed by atoms with E-state index in [1.807, 2.05) is 18.2 Å². The second-order valence-corrected chi connectivity index (χ2v) is 10.2. The average Bonchev–Trinajstić information content (AvgIpc) is 3.33. The molecule has 0 bridgehead atoms. The Balaban J connectivity index is 1.38. The van der Waals surface area contributed by atoms with Gasteiger partial charge in [-0.1, -0.05) is 17.7 Å². The monoisotopic (exact) mass is 478 g/mol. The highest BCUT2D eigenvalue weighted by atomic mass is 35.5. The van der Waals surface area contributed by atoms with Gasteiger partial charge in [0.1, 0.15) is 4.90 Å². The van der Waals surface area contributed by atoms with Crippen LogP contribution in [0.4, 0.5) is 0 Å². The molecule has 1 amide bonds. The lowest BCUT2D eigenvalue weighted by Crippen LogP contribution is -2.48. The lowest BCUT2D eigenvalue weighted by Gasteiger charge is -2.34. The smallest absolute Gasteiger partial charge is 0.253 e. The number of nitrogens with one attached hydrogen (secondary N) is 1. The molecule has 3 heterocycles. The van der Waals surface area contributed by atoms with Crippen LogP contribution in [0.3, 0.4) is 0 Å². The van der Waals surface area contributed by atoms with Crippen molar-refractivity contribution in [3.05, 3.63) is 58.9 Å². The molecule has 2 aliphatic heterocycles. The molecule has 10 heteroatoms. The number of piperazine rings is 1. The van der Waals surface area contributed by atoms with Gasteiger partial charge in [-0.05, 0) is 43.2 Å². The molecule has 2 aromatic rings. The van der Waals surface area contributed by atoms with E-state index in [1.165, 1.54) is 12.1 Å². The van der Waals surface area contributed by atoms with Crippen LogP contribution in [-0.4, -0.2) is 74.5 Å². The first kappa shape index (κ1) is 23.1. The predicted molar refractivity (Wildman–Crippen MR) is 121 cm³/mol. The summed E-state index contributed by atoms with van der Waals surface area (Å²) < 4.78 is 33.6. The van der Waals surface area contributed by atoms with E-state index in [0.29, 0.717) is 25.3 Å². The number of carbonyl (C=O) groups is 1. The fourth-order valence-corrected chi connectivity index (χ4v) is 5.53. The number of pyridine rings is 1. The first-order chi connectivity index (χ1) is 15.4. The van der Waals surface area contributed by atoms with E-state index >= 15 is 0 Å². The molecule has 2 aliphatic rings. The molecule has 1 atom stereocenters. The highest BCUT2D eigenvalue weighted by Crippen LogP contribution is 2.24. The molecular formula is C22H27ClN4O4S. The molecule has 1 N–H and O–H groups in total. The molecule has 0 saturated carbocycles. The van der Waals surface area contributed by atoms with Crippen molar-refractivity contribution in [2.45, 2.75) is 30.4 Å². The number of ether oxygens (including phenoxy) is 1. The number of aromatic nitrogens is 1. The molecule has 32 heavy (non-hydrogen) atoms. The van der Waals surface area contributed by atoms with Crippen LogP contribution >= 0.6 is 11.6 Å². The van der Waals surface area contributed by atoms with Gasteiger partial charge < -0.3 is 9.64 Å². The maximum atomic E-state index is 13.0. The van der Waals surface area contributed by atoms with Crippen LogP contribution in [0.25, 0.3) is 0 Å². The minimum absolute atomic E-state index is 0.0848. The Labute approximate surface area is 193 Å². The maximum absolute atomic E-state index is 13.0. The minimum Gasteiger partial charge on any atom is -0.377 e. The molecular weight excluding hydrogens is 452 g/mol. The number of sulfonamides is 1. The topological polar surface area (TPSA) is 91.8 Å². The molecule has 2 fully saturated rings. The fraction of sp³-hybridized carbons (Fsp3) is 0.455. The number of rotatable bonds is 7. The van der Waals surface area contributed by atoms with Crippen LogP contribution < -0.4 is 4.72 Å². The van der Waals surface area contributed by atoms with Crippen molar-refractivity contribution in [1.29, 1.82) is 0 Å². The molecule has 172 valence electrons. The zero-order valence-electron chi connectivity index (χ0n) is 17.7. The van der Waals surface area contributed by atoms with Crippen molar-refractivity contribution >= 4 is 27.5 Å². The van der Waals surface area contributed by atoms with Gasteiger partial charge in [0.25, 0.3) is 5.91 Å². The summed E-state index contributed by atoms with van der Waals surface area (Å²) in [4.78, 5) is 21.3. The van der Waals surface area contributed by atoms with Crippen molar-refractivity contribution in [2.24, 2.45) is 0 Å². The SMILES string of the molecule is O=C(c1ccc(Cl)c(S(=O)(=O)NCC2CCCO2)c1)N1CCN(Cc2ccccn2)CC1. The summed E-state index contributed by atoms with van der Waals surface area (Å²) >= 11 is 6.17. The Kier molecular flexibility index (Phi) is 7.42. The standard InChI is InChI=1S/C22H27ClN4O4S/c23-20-7-6-17(14-21(20)32(29,30)25-15-19-5-3-13-31-19)22(28)27-11-9-26(10-12-27)16-18-4-1-2-8-24-18/h1-2,4,6-8,14,19,25H,3,5,9-13,15-16H2. The van der Waals surface area contributed by atoms with E-state index in [1.54, 1.807) is 17.2 Å². The average molecular weight is 479 g/mol. The largest absolute Gasteiger partial charge is 0.377 e. The zero-order valence-corrected chi connectivity index (χ0v) is 19.3. The molecule has 0 radical (unpaired) electrons. The third-order valence-corrected chi connectivity index (χ3v) is 7.67. The van der Waals surface area contributed by atoms with E-state index in [9.17, 15) is 13.2 Å². The van der Waals surface area contributed by atoms with Gasteiger partial charge in [0.05, 0.1) is 16.8 Å². The zero-order chi connectivity index (χ0) is 22.6. The summed E-state index contributed by atoms with van der Waals surface area (Å²) in [6.07, 6.45) is 3.39. The number of carbonyl (C=O) groups excluding carboxylic acids is 1. The van der Waals surface area contributed by atoms with Gasteiger partial charge in [-0.3, -0.25) is 14.7 Å². The van der Waals surface area contributed by atoms with Gasteiger partial charge in [-0.15, -0.1) is 0 Å². The van der Waals surface area contributed by atoms with E-state index < -0.39 is 10.0 Å². The van der Waals surface area contributed by atoms with Gasteiger partial charge in [-0.2, -0.15) is 0 Å². The van der Waals surface area contributed by atoms with Crippen LogP contribution in [0.1, 0.15) is 28.9 Å². The van der Waals surface area contributed by atoms with Crippen molar-refractivity contribution < 1.29 is 17.9 Å². The Morgan fingerprint density at radius 3 is 2.69 bits per heavy atom. The van der Waals surface area contributed by atoms with Crippen molar-refractivity contribution in [3.63, 3.8) is 0 Å². The maximum Gasteiger partial charge on any atom is 0.253 e. The van der Waals surface area contributed by atoms with Crippen LogP contribution in [0.15, 0.2) is 47.5 Å². The number of hydrogen-bond donors (Lipinski definition) is 1. The Morgan fingerprint density at radius 1 is 1.19 bits per heavy atom. The van der Waals surface area contributed by atoms with Crippen LogP contribution in [0, 0.1) is 0 Å². The molecule has 1 aromatic heterocycles. The number of nitrogens with zero attached hydrogens (tertiary/aromatic N) is 3. The highest BCUT2D eigenvalue weighted by molar-refractivity contribution is 7.89. The summed E-state index contributed by atoms with van der Waals surface area (Å²) in [5.41, 5.74) is 1.31. The molecule has 0 spiro atoms. The Bertz CT molecular complexity index is 1040. The third kappa shape index (κ3) is 5.65. The third-order valence-electron chi connectivity index (χ3n) is 5.76. The van der Waals surface area contributed by atoms with Gasteiger partial charge in [-0.25, -0.2) is 13.1 Å². The van der Waals surface area contributed by atoms with Crippen molar-refractivity contribution in [2.75, 3.05) is 39.3 Å². The lowest BCUT2D eigenvalue weighted by molar-refractivity contribution is 0.0627. The van der Waals surface area contributed by atoms with Gasteiger partial charge in [0, 0.05) is 57.6 Å². The fourth-order valence-electron chi connectivity index (χ4n) is 3.94. The summed E-state index contributed by atoms with van der Waals surface area (Å²) in [5, 5.41) is 0.0848. The molecule has 2 saturated heterocycles. The van der Waals surface area contributed by atoms with Gasteiger partial charge >= 0.3 is 0 Å². The van der Waals surface area contributed by atoms with Gasteiger partial charge in [0.15, 0.2) is 0 Å². The summed E-state index contributed by atoms with van der Waals surface area (Å²) in [6.45, 7) is 4.15. The number of halogens is 1. The predicted octanol–water partition coefficient (Wildman–Crippen LogP) is 2.15. The molecule has 0 aliphatic carbocycles. The van der Waals surface area contributed by atoms with E-state index in [4.69, 9.17) is 16.3 Å². The van der Waals surface area contributed by atoms with Crippen LogP contribution in [-0.2, 0) is 21.3 Å². The molecule has 1 unspecified atom stereocenters. The minimum atomic E-state index is -3.86. The Hall–Kier alpha value is -2.04. The van der Waals surface area contributed by atoms with Crippen LogP contribution in [0.2, 0.25) is 5.02 Å². The highest BCUT2D eigenvalue weighted by Gasteiger charge is 2.26. The first-order valence-corrected chi connectivity index (χ1v) is 12.6. The number of hydrogen-bond acceptors (Lipinski definition) is 6. The van der Waals surface area contributed by atoms with E-state index in [2.05, 4.69) is 14.6 Å². The lowest BCUT2D eigenvalue weighted by atomic mass is 10.1. The summed E-state index contributed by atoms with van der Waals surface area (Å²) in [5.74, 6) is -0.199. The molecule has 4 rings (SSSR count).